The lowest BCUT2D eigenvalue weighted by Gasteiger charge is -2.26. The average Bonchev–Trinajstić information content (AvgIpc) is 2.54. The highest BCUT2D eigenvalue weighted by molar-refractivity contribution is 5.80. The van der Waals surface area contributed by atoms with Crippen molar-refractivity contribution in [3.8, 4) is 11.8 Å². The molecule has 2 rings (SSSR count). The largest absolute Gasteiger partial charge is 0.368 e. The van der Waals surface area contributed by atoms with E-state index in [0.29, 0.717) is 19.7 Å². The molecular weight excluding hydrogens is 264 g/mol. The fourth-order valence-electron chi connectivity index (χ4n) is 2.38. The van der Waals surface area contributed by atoms with E-state index in [9.17, 15) is 4.79 Å². The van der Waals surface area contributed by atoms with Crippen molar-refractivity contribution in [3.05, 3.63) is 35.4 Å². The van der Waals surface area contributed by atoms with Crippen LogP contribution in [-0.2, 0) is 16.1 Å². The Kier molecular flexibility index (Phi) is 5.79. The molecule has 112 valence electrons. The lowest BCUT2D eigenvalue weighted by atomic mass is 10.1. The molecule has 1 unspecified atom stereocenters. The first-order valence-corrected chi connectivity index (χ1v) is 7.35. The van der Waals surface area contributed by atoms with E-state index in [4.69, 9.17) is 10.5 Å². The number of likely N-dealkylation sites (N-methyl/N-ethyl adjacent to an activating group) is 1. The first-order valence-electron chi connectivity index (χ1n) is 7.35. The van der Waals surface area contributed by atoms with Gasteiger partial charge >= 0.3 is 0 Å². The predicted molar refractivity (Wildman–Crippen MR) is 82.4 cm³/mol. The Balaban J connectivity index is 1.92. The van der Waals surface area contributed by atoms with Gasteiger partial charge in [0, 0.05) is 25.8 Å². The van der Waals surface area contributed by atoms with Gasteiger partial charge in [0.2, 0.25) is 0 Å². The molecule has 0 radical (unpaired) electrons. The van der Waals surface area contributed by atoms with E-state index < -0.39 is 0 Å². The molecule has 1 saturated heterocycles. The zero-order chi connectivity index (χ0) is 15.1. The molecule has 1 aliphatic rings. The fourth-order valence-corrected chi connectivity index (χ4v) is 2.38. The minimum Gasteiger partial charge on any atom is -0.368 e. The third-order valence-corrected chi connectivity index (χ3v) is 3.54. The lowest BCUT2D eigenvalue weighted by Crippen LogP contribution is -2.39. The van der Waals surface area contributed by atoms with Gasteiger partial charge in [-0.1, -0.05) is 24.0 Å². The van der Waals surface area contributed by atoms with Gasteiger partial charge < -0.3 is 15.4 Å². The van der Waals surface area contributed by atoms with Crippen molar-refractivity contribution in [3.63, 3.8) is 0 Å². The maximum Gasteiger partial charge on any atom is 0.251 e. The Labute approximate surface area is 126 Å². The molecule has 1 amide bonds. The average molecular weight is 286 g/mol. The van der Waals surface area contributed by atoms with Crippen LogP contribution in [0.2, 0.25) is 0 Å². The topological polar surface area (TPSA) is 55.6 Å². The van der Waals surface area contributed by atoms with Crippen molar-refractivity contribution in [2.45, 2.75) is 31.9 Å². The van der Waals surface area contributed by atoms with Gasteiger partial charge in [-0.15, -0.1) is 0 Å². The molecule has 0 saturated carbocycles. The van der Waals surface area contributed by atoms with E-state index in [1.165, 1.54) is 0 Å². The number of amides is 1. The summed E-state index contributed by atoms with van der Waals surface area (Å²) in [5.41, 5.74) is 7.37. The molecule has 0 aromatic heterocycles. The van der Waals surface area contributed by atoms with Gasteiger partial charge in [-0.25, -0.2) is 0 Å². The van der Waals surface area contributed by atoms with E-state index in [-0.39, 0.29) is 12.0 Å². The van der Waals surface area contributed by atoms with Crippen molar-refractivity contribution in [1.82, 2.24) is 4.90 Å². The second kappa shape index (κ2) is 7.82. The molecule has 1 aromatic carbocycles. The van der Waals surface area contributed by atoms with Crippen LogP contribution in [-0.4, -0.2) is 37.1 Å². The molecule has 1 heterocycles. The second-order valence-electron chi connectivity index (χ2n) is 5.25. The van der Waals surface area contributed by atoms with Crippen LogP contribution < -0.4 is 5.73 Å². The van der Waals surface area contributed by atoms with E-state index in [2.05, 4.69) is 11.8 Å². The fraction of sp³-hybridized carbons (Fsp3) is 0.471. The van der Waals surface area contributed by atoms with Gasteiger partial charge in [-0.3, -0.25) is 4.79 Å². The van der Waals surface area contributed by atoms with Crippen LogP contribution in [0, 0.1) is 11.8 Å². The summed E-state index contributed by atoms with van der Waals surface area (Å²) >= 11 is 0. The standard InChI is InChI=1S/C17H22N2O2/c1-19(17(20)16-6-2-3-12-21-16)13-15-9-7-14(8-10-15)5-4-11-18/h7-10,16H,2-3,6,11-13,18H2,1H3. The summed E-state index contributed by atoms with van der Waals surface area (Å²) in [6, 6.07) is 7.89. The predicted octanol–water partition coefficient (Wildman–Crippen LogP) is 1.52. The maximum atomic E-state index is 12.3. The van der Waals surface area contributed by atoms with E-state index in [0.717, 1.165) is 30.4 Å². The number of rotatable bonds is 3. The van der Waals surface area contributed by atoms with Crippen molar-refractivity contribution in [2.75, 3.05) is 20.2 Å². The number of carbonyl (C=O) groups excluding carboxylic acids is 1. The van der Waals surface area contributed by atoms with Crippen LogP contribution in [0.15, 0.2) is 24.3 Å². The van der Waals surface area contributed by atoms with E-state index in [1.54, 1.807) is 4.90 Å². The molecule has 4 heteroatoms. The van der Waals surface area contributed by atoms with Crippen LogP contribution in [0.3, 0.4) is 0 Å². The van der Waals surface area contributed by atoms with E-state index in [1.807, 2.05) is 31.3 Å². The second-order valence-corrected chi connectivity index (χ2v) is 5.25. The Hall–Kier alpha value is -1.83. The molecule has 1 atom stereocenters. The Morgan fingerprint density at radius 2 is 2.14 bits per heavy atom. The summed E-state index contributed by atoms with van der Waals surface area (Å²) in [7, 11) is 1.82. The lowest BCUT2D eigenvalue weighted by molar-refractivity contribution is -0.145. The Morgan fingerprint density at radius 3 is 2.76 bits per heavy atom. The number of ether oxygens (including phenoxy) is 1. The number of nitrogens with two attached hydrogens (primary N) is 1. The molecular formula is C17H22N2O2. The summed E-state index contributed by atoms with van der Waals surface area (Å²) in [5.74, 6) is 5.88. The quantitative estimate of drug-likeness (QED) is 0.857. The normalized spacial score (nSPS) is 17.7. The van der Waals surface area contributed by atoms with E-state index >= 15 is 0 Å². The first-order chi connectivity index (χ1) is 10.2. The number of nitrogens with zero attached hydrogens (tertiary/aromatic N) is 1. The molecule has 1 aromatic rings. The number of carbonyl (C=O) groups is 1. The van der Waals surface area contributed by atoms with Crippen molar-refractivity contribution >= 4 is 5.91 Å². The molecule has 21 heavy (non-hydrogen) atoms. The molecule has 1 fully saturated rings. The van der Waals surface area contributed by atoms with Crippen LogP contribution in [0.1, 0.15) is 30.4 Å². The zero-order valence-corrected chi connectivity index (χ0v) is 12.5. The van der Waals surface area contributed by atoms with Crippen LogP contribution in [0.25, 0.3) is 0 Å². The summed E-state index contributed by atoms with van der Waals surface area (Å²) in [5, 5.41) is 0. The minimum absolute atomic E-state index is 0.0710. The van der Waals surface area contributed by atoms with Crippen LogP contribution in [0.5, 0.6) is 0 Å². The summed E-state index contributed by atoms with van der Waals surface area (Å²) in [4.78, 5) is 14.0. The summed E-state index contributed by atoms with van der Waals surface area (Å²) in [6.45, 7) is 1.64. The van der Waals surface area contributed by atoms with Gasteiger partial charge in [0.15, 0.2) is 0 Å². The number of hydrogen-bond donors (Lipinski definition) is 1. The first kappa shape index (κ1) is 15.6. The smallest absolute Gasteiger partial charge is 0.251 e. The van der Waals surface area contributed by atoms with Crippen LogP contribution in [0.4, 0.5) is 0 Å². The molecule has 0 bridgehead atoms. The van der Waals surface area contributed by atoms with Gasteiger partial charge in [0.25, 0.3) is 5.91 Å². The Morgan fingerprint density at radius 1 is 1.38 bits per heavy atom. The third-order valence-electron chi connectivity index (χ3n) is 3.54. The molecule has 1 aliphatic heterocycles. The summed E-state index contributed by atoms with van der Waals surface area (Å²) in [6.07, 6.45) is 2.69. The number of hydrogen-bond acceptors (Lipinski definition) is 3. The zero-order valence-electron chi connectivity index (χ0n) is 12.5. The third kappa shape index (κ3) is 4.59. The monoisotopic (exact) mass is 286 g/mol. The van der Waals surface area contributed by atoms with Crippen molar-refractivity contribution < 1.29 is 9.53 Å². The van der Waals surface area contributed by atoms with Gasteiger partial charge in [0.05, 0.1) is 6.54 Å². The molecule has 0 spiro atoms. The minimum atomic E-state index is -0.265. The van der Waals surface area contributed by atoms with Gasteiger partial charge in [0.1, 0.15) is 6.10 Å². The highest BCUT2D eigenvalue weighted by atomic mass is 16.5. The van der Waals surface area contributed by atoms with Crippen LogP contribution >= 0.6 is 0 Å². The highest BCUT2D eigenvalue weighted by Gasteiger charge is 2.24. The highest BCUT2D eigenvalue weighted by Crippen LogP contribution is 2.16. The number of benzene rings is 1. The molecule has 0 aliphatic carbocycles. The van der Waals surface area contributed by atoms with Crippen molar-refractivity contribution in [2.24, 2.45) is 5.73 Å². The SMILES string of the molecule is CN(Cc1ccc(C#CCN)cc1)C(=O)C1CCCCO1. The molecule has 4 nitrogen and oxygen atoms in total. The van der Waals surface area contributed by atoms with Gasteiger partial charge in [-0.05, 0) is 37.0 Å². The maximum absolute atomic E-state index is 12.3. The van der Waals surface area contributed by atoms with Crippen molar-refractivity contribution in [1.29, 1.82) is 0 Å². The molecule has 2 N–H and O–H groups in total. The Bertz CT molecular complexity index is 522. The van der Waals surface area contributed by atoms with Gasteiger partial charge in [-0.2, -0.15) is 0 Å². The summed E-state index contributed by atoms with van der Waals surface area (Å²) < 4.78 is 5.54.